The van der Waals surface area contributed by atoms with Crippen LogP contribution in [0, 0.1) is 0 Å². The summed E-state index contributed by atoms with van der Waals surface area (Å²) in [7, 11) is -3.59. The van der Waals surface area contributed by atoms with Crippen LogP contribution in [-0.4, -0.2) is 31.9 Å². The second-order valence-electron chi connectivity index (χ2n) is 4.19. The highest BCUT2D eigenvalue weighted by Crippen LogP contribution is 2.37. The van der Waals surface area contributed by atoms with Gasteiger partial charge in [0, 0.05) is 19.1 Å². The molecular weight excluding hydrogens is 315 g/mol. The van der Waals surface area contributed by atoms with Gasteiger partial charge in [0.2, 0.25) is 10.0 Å². The zero-order chi connectivity index (χ0) is 13.3. The number of thiophene rings is 1. The number of piperidine rings is 1. The minimum absolute atomic E-state index is 0.0968. The molecule has 1 saturated heterocycles. The van der Waals surface area contributed by atoms with E-state index in [1.54, 1.807) is 0 Å². The fourth-order valence-electron chi connectivity index (χ4n) is 2.15. The molecule has 102 valence electrons. The number of hydrogen-bond acceptors (Lipinski definition) is 4. The Kier molecular flexibility index (Phi) is 4.57. The third-order valence-electron chi connectivity index (χ3n) is 3.06. The first-order valence-corrected chi connectivity index (χ1v) is 8.65. The third-order valence-corrected chi connectivity index (χ3v) is 6.76. The van der Waals surface area contributed by atoms with Crippen molar-refractivity contribution >= 4 is 44.6 Å². The van der Waals surface area contributed by atoms with Crippen LogP contribution in [0.5, 0.6) is 0 Å². The monoisotopic (exact) mass is 328 g/mol. The molecule has 8 heteroatoms. The Hall–Kier alpha value is 0.150. The van der Waals surface area contributed by atoms with E-state index in [4.69, 9.17) is 28.9 Å². The van der Waals surface area contributed by atoms with Crippen molar-refractivity contribution < 1.29 is 8.42 Å². The molecule has 0 aromatic carbocycles. The van der Waals surface area contributed by atoms with Gasteiger partial charge in [-0.1, -0.05) is 29.6 Å². The Morgan fingerprint density at radius 3 is 2.72 bits per heavy atom. The summed E-state index contributed by atoms with van der Waals surface area (Å²) in [6.45, 7) is 0.822. The maximum absolute atomic E-state index is 12.5. The van der Waals surface area contributed by atoms with Gasteiger partial charge in [-0.25, -0.2) is 8.42 Å². The number of halogens is 2. The average Bonchev–Trinajstić information content (AvgIpc) is 2.69. The lowest BCUT2D eigenvalue weighted by molar-refractivity contribution is 0.257. The zero-order valence-corrected chi connectivity index (χ0v) is 12.7. The van der Waals surface area contributed by atoms with Gasteiger partial charge in [0.05, 0.1) is 4.34 Å². The normalized spacial score (nSPS) is 22.3. The summed E-state index contributed by atoms with van der Waals surface area (Å²) in [6.07, 6.45) is 2.66. The van der Waals surface area contributed by atoms with Crippen molar-refractivity contribution in [1.82, 2.24) is 4.31 Å². The molecular formula is C10H14Cl2N2O2S2. The third kappa shape index (κ3) is 2.69. The molecule has 0 saturated carbocycles. The first-order chi connectivity index (χ1) is 8.46. The van der Waals surface area contributed by atoms with Gasteiger partial charge in [-0.05, 0) is 18.9 Å². The van der Waals surface area contributed by atoms with Crippen LogP contribution in [0.15, 0.2) is 11.0 Å². The van der Waals surface area contributed by atoms with Crippen molar-refractivity contribution in [3.05, 3.63) is 14.7 Å². The van der Waals surface area contributed by atoms with Crippen molar-refractivity contribution in [2.45, 2.75) is 30.2 Å². The van der Waals surface area contributed by atoms with Crippen LogP contribution in [0.3, 0.4) is 0 Å². The quantitative estimate of drug-likeness (QED) is 0.927. The molecule has 4 nitrogen and oxygen atoms in total. The summed E-state index contributed by atoms with van der Waals surface area (Å²) < 4.78 is 27.1. The first kappa shape index (κ1) is 14.6. The van der Waals surface area contributed by atoms with Gasteiger partial charge in [0.1, 0.15) is 9.23 Å². The fourth-order valence-corrected chi connectivity index (χ4v) is 5.97. The summed E-state index contributed by atoms with van der Waals surface area (Å²) in [4.78, 5) is 0.0968. The largest absolute Gasteiger partial charge is 0.329 e. The Labute approximate surface area is 121 Å². The minimum atomic E-state index is -3.59. The maximum atomic E-state index is 12.5. The standard InChI is InChI=1S/C10H14Cl2N2O2S2/c11-9-5-8(10(12)17-9)18(15,16)14-4-2-1-3-7(14)6-13/h5,7H,1-4,6,13H2. The van der Waals surface area contributed by atoms with Crippen molar-refractivity contribution in [3.8, 4) is 0 Å². The molecule has 0 bridgehead atoms. The Morgan fingerprint density at radius 1 is 1.44 bits per heavy atom. The smallest absolute Gasteiger partial charge is 0.245 e. The summed E-state index contributed by atoms with van der Waals surface area (Å²) in [5, 5.41) is 0. The molecule has 0 amide bonds. The molecule has 2 rings (SSSR count). The molecule has 2 N–H and O–H groups in total. The summed E-state index contributed by atoms with van der Waals surface area (Å²) in [5.74, 6) is 0. The van der Waals surface area contributed by atoms with Gasteiger partial charge >= 0.3 is 0 Å². The molecule has 1 aliphatic rings. The Bertz CT molecular complexity index is 530. The lowest BCUT2D eigenvalue weighted by Crippen LogP contribution is -2.47. The second kappa shape index (κ2) is 5.64. The van der Waals surface area contributed by atoms with Gasteiger partial charge in [-0.3, -0.25) is 0 Å². The molecule has 1 atom stereocenters. The molecule has 1 aliphatic heterocycles. The number of nitrogens with zero attached hydrogens (tertiary/aromatic N) is 1. The van der Waals surface area contributed by atoms with Crippen LogP contribution < -0.4 is 5.73 Å². The Balaban J connectivity index is 2.38. The molecule has 1 aromatic heterocycles. The fraction of sp³-hybridized carbons (Fsp3) is 0.600. The van der Waals surface area contributed by atoms with Crippen LogP contribution >= 0.6 is 34.5 Å². The zero-order valence-electron chi connectivity index (χ0n) is 9.60. The second-order valence-corrected chi connectivity index (χ2v) is 8.33. The summed E-state index contributed by atoms with van der Waals surface area (Å²) >= 11 is 12.8. The number of nitrogens with two attached hydrogens (primary N) is 1. The van der Waals surface area contributed by atoms with E-state index < -0.39 is 10.0 Å². The van der Waals surface area contributed by atoms with Crippen molar-refractivity contribution in [2.75, 3.05) is 13.1 Å². The summed E-state index contributed by atoms with van der Waals surface area (Å²) in [5.41, 5.74) is 5.65. The van der Waals surface area contributed by atoms with Crippen LogP contribution in [0.25, 0.3) is 0 Å². The van der Waals surface area contributed by atoms with Gasteiger partial charge in [-0.15, -0.1) is 11.3 Å². The summed E-state index contributed by atoms with van der Waals surface area (Å²) in [6, 6.07) is 1.27. The van der Waals surface area contributed by atoms with Crippen LogP contribution in [-0.2, 0) is 10.0 Å². The van der Waals surface area contributed by atoms with E-state index in [-0.39, 0.29) is 15.3 Å². The van der Waals surface area contributed by atoms with E-state index in [0.717, 1.165) is 30.6 Å². The van der Waals surface area contributed by atoms with E-state index in [0.29, 0.717) is 17.4 Å². The van der Waals surface area contributed by atoms with Gasteiger partial charge in [-0.2, -0.15) is 4.31 Å². The molecule has 1 aromatic rings. The van der Waals surface area contributed by atoms with E-state index in [9.17, 15) is 8.42 Å². The van der Waals surface area contributed by atoms with Gasteiger partial charge in [0.15, 0.2) is 0 Å². The Morgan fingerprint density at radius 2 is 2.17 bits per heavy atom. The highest BCUT2D eigenvalue weighted by molar-refractivity contribution is 7.89. The van der Waals surface area contributed by atoms with E-state index in [1.807, 2.05) is 0 Å². The molecule has 1 fully saturated rings. The van der Waals surface area contributed by atoms with E-state index in [1.165, 1.54) is 10.4 Å². The van der Waals surface area contributed by atoms with E-state index >= 15 is 0 Å². The van der Waals surface area contributed by atoms with E-state index in [2.05, 4.69) is 0 Å². The molecule has 0 radical (unpaired) electrons. The topological polar surface area (TPSA) is 63.4 Å². The number of sulfonamides is 1. The van der Waals surface area contributed by atoms with Gasteiger partial charge in [0.25, 0.3) is 0 Å². The first-order valence-electron chi connectivity index (χ1n) is 5.63. The number of hydrogen-bond donors (Lipinski definition) is 1. The van der Waals surface area contributed by atoms with Crippen molar-refractivity contribution in [3.63, 3.8) is 0 Å². The predicted molar refractivity (Wildman–Crippen MR) is 74.9 cm³/mol. The maximum Gasteiger partial charge on any atom is 0.245 e. The highest BCUT2D eigenvalue weighted by atomic mass is 35.5. The lowest BCUT2D eigenvalue weighted by Gasteiger charge is -2.33. The van der Waals surface area contributed by atoms with Crippen molar-refractivity contribution in [1.29, 1.82) is 0 Å². The van der Waals surface area contributed by atoms with Crippen LogP contribution in [0.1, 0.15) is 19.3 Å². The SMILES string of the molecule is NCC1CCCCN1S(=O)(=O)c1cc(Cl)sc1Cl. The highest BCUT2D eigenvalue weighted by Gasteiger charge is 2.34. The minimum Gasteiger partial charge on any atom is -0.329 e. The average molecular weight is 329 g/mol. The van der Waals surface area contributed by atoms with Gasteiger partial charge < -0.3 is 5.73 Å². The molecule has 0 aliphatic carbocycles. The predicted octanol–water partition coefficient (Wildman–Crippen LogP) is 2.56. The van der Waals surface area contributed by atoms with Crippen LogP contribution in [0.4, 0.5) is 0 Å². The lowest BCUT2D eigenvalue weighted by atomic mass is 10.1. The van der Waals surface area contributed by atoms with Crippen LogP contribution in [0.2, 0.25) is 8.67 Å². The number of rotatable bonds is 3. The molecule has 18 heavy (non-hydrogen) atoms. The molecule has 2 heterocycles. The molecule has 0 spiro atoms. The van der Waals surface area contributed by atoms with Crippen molar-refractivity contribution in [2.24, 2.45) is 5.73 Å². The molecule has 1 unspecified atom stereocenters.